The quantitative estimate of drug-likeness (QED) is 0.637. The van der Waals surface area contributed by atoms with Gasteiger partial charge in [0.25, 0.3) is 10.0 Å². The summed E-state index contributed by atoms with van der Waals surface area (Å²) in [6.45, 7) is 4.18. The summed E-state index contributed by atoms with van der Waals surface area (Å²) in [5.41, 5.74) is 0.707. The van der Waals surface area contributed by atoms with E-state index in [1.807, 2.05) is 0 Å². The summed E-state index contributed by atoms with van der Waals surface area (Å²) < 4.78 is 26.9. The number of benzene rings is 1. The molecule has 0 aliphatic rings. The van der Waals surface area contributed by atoms with Crippen molar-refractivity contribution in [2.24, 2.45) is 0 Å². The van der Waals surface area contributed by atoms with Gasteiger partial charge in [-0.2, -0.15) is 0 Å². The molecule has 0 fully saturated rings. The van der Waals surface area contributed by atoms with E-state index < -0.39 is 10.0 Å². The van der Waals surface area contributed by atoms with Crippen molar-refractivity contribution in [1.29, 1.82) is 0 Å². The number of hydrogen-bond donors (Lipinski definition) is 3. The lowest BCUT2D eigenvalue weighted by molar-refractivity contribution is 0.573. The Balaban J connectivity index is 2.02. The largest absolute Gasteiger partial charge is 0.360 e. The highest BCUT2D eigenvalue weighted by atomic mass is 32.2. The predicted molar refractivity (Wildman–Crippen MR) is 103 cm³/mol. The van der Waals surface area contributed by atoms with Gasteiger partial charge < -0.3 is 10.6 Å². The lowest BCUT2D eigenvalue weighted by Gasteiger charge is -2.18. The van der Waals surface area contributed by atoms with Crippen molar-refractivity contribution >= 4 is 39.0 Å². The van der Waals surface area contributed by atoms with Crippen molar-refractivity contribution in [3.05, 3.63) is 42.7 Å². The number of hydrogen-bond acceptors (Lipinski definition) is 5. The van der Waals surface area contributed by atoms with Crippen molar-refractivity contribution in [2.75, 3.05) is 10.0 Å². The highest BCUT2D eigenvalue weighted by Crippen LogP contribution is 2.16. The molecule has 134 valence electrons. The number of nitrogens with one attached hydrogen (secondary N) is 3. The van der Waals surface area contributed by atoms with Gasteiger partial charge >= 0.3 is 0 Å². The second-order valence-corrected chi connectivity index (χ2v) is 7.40. The highest BCUT2D eigenvalue weighted by Gasteiger charge is 2.15. The van der Waals surface area contributed by atoms with Crippen LogP contribution in [0.1, 0.15) is 26.7 Å². The van der Waals surface area contributed by atoms with Gasteiger partial charge in [0.15, 0.2) is 5.11 Å². The molecule has 3 N–H and O–H groups in total. The minimum Gasteiger partial charge on any atom is -0.360 e. The molecular formula is C16H21N5O2S2. The van der Waals surface area contributed by atoms with Gasteiger partial charge in [0.05, 0.1) is 4.90 Å². The number of rotatable bonds is 7. The Morgan fingerprint density at radius 1 is 1.12 bits per heavy atom. The van der Waals surface area contributed by atoms with E-state index in [2.05, 4.69) is 39.2 Å². The minimum atomic E-state index is -3.74. The molecule has 25 heavy (non-hydrogen) atoms. The average Bonchev–Trinajstić information content (AvgIpc) is 2.60. The zero-order valence-electron chi connectivity index (χ0n) is 14.1. The van der Waals surface area contributed by atoms with E-state index in [1.54, 1.807) is 18.2 Å². The second-order valence-electron chi connectivity index (χ2n) is 5.31. The Labute approximate surface area is 153 Å². The van der Waals surface area contributed by atoms with Crippen molar-refractivity contribution in [3.8, 4) is 0 Å². The van der Waals surface area contributed by atoms with Crippen LogP contribution in [-0.2, 0) is 10.0 Å². The fourth-order valence-electron chi connectivity index (χ4n) is 2.09. The molecule has 2 rings (SSSR count). The summed E-state index contributed by atoms with van der Waals surface area (Å²) in [6.07, 6.45) is 4.88. The SMILES string of the molecule is CCC(CC)NC(=S)Nc1ccc(S(=O)(=O)Nc2ncccn2)cc1. The molecule has 0 atom stereocenters. The second kappa shape index (κ2) is 8.72. The van der Waals surface area contributed by atoms with E-state index in [0.717, 1.165) is 12.8 Å². The molecule has 0 aliphatic heterocycles. The maximum Gasteiger partial charge on any atom is 0.264 e. The number of nitrogens with zero attached hydrogens (tertiary/aromatic N) is 2. The van der Waals surface area contributed by atoms with Crippen molar-refractivity contribution in [2.45, 2.75) is 37.6 Å². The summed E-state index contributed by atoms with van der Waals surface area (Å²) in [5, 5.41) is 6.78. The van der Waals surface area contributed by atoms with E-state index in [0.29, 0.717) is 16.8 Å². The van der Waals surface area contributed by atoms with Crippen LogP contribution in [-0.4, -0.2) is 29.5 Å². The maximum absolute atomic E-state index is 12.3. The summed E-state index contributed by atoms with van der Waals surface area (Å²) >= 11 is 5.27. The van der Waals surface area contributed by atoms with Crippen LogP contribution < -0.4 is 15.4 Å². The van der Waals surface area contributed by atoms with Gasteiger partial charge in [0.2, 0.25) is 5.95 Å². The van der Waals surface area contributed by atoms with Crippen LogP contribution in [0.3, 0.4) is 0 Å². The Hall–Kier alpha value is -2.26. The number of anilines is 2. The summed E-state index contributed by atoms with van der Waals surface area (Å²) in [5.74, 6) is 0.0280. The number of thiocarbonyl (C=S) groups is 1. The third-order valence-electron chi connectivity index (χ3n) is 3.53. The van der Waals surface area contributed by atoms with Gasteiger partial charge in [-0.3, -0.25) is 0 Å². The fraction of sp³-hybridized carbons (Fsp3) is 0.312. The first-order valence-corrected chi connectivity index (χ1v) is 9.81. The highest BCUT2D eigenvalue weighted by molar-refractivity contribution is 7.92. The lowest BCUT2D eigenvalue weighted by Crippen LogP contribution is -2.36. The van der Waals surface area contributed by atoms with E-state index in [1.165, 1.54) is 24.5 Å². The first-order chi connectivity index (χ1) is 11.9. The van der Waals surface area contributed by atoms with Crippen molar-refractivity contribution < 1.29 is 8.42 Å². The lowest BCUT2D eigenvalue weighted by atomic mass is 10.2. The van der Waals surface area contributed by atoms with Gasteiger partial charge in [-0.1, -0.05) is 13.8 Å². The number of sulfonamides is 1. The van der Waals surface area contributed by atoms with Crippen LogP contribution in [0, 0.1) is 0 Å². The fourth-order valence-corrected chi connectivity index (χ4v) is 3.34. The molecule has 1 aromatic heterocycles. The van der Waals surface area contributed by atoms with Gasteiger partial charge in [0.1, 0.15) is 0 Å². The first kappa shape index (κ1) is 19.1. The van der Waals surface area contributed by atoms with Crippen LogP contribution in [0.15, 0.2) is 47.6 Å². The standard InChI is InChI=1S/C16H21N5O2S2/c1-3-12(4-2)19-16(24)20-13-6-8-14(9-7-13)25(22,23)21-15-17-10-5-11-18-15/h5-12H,3-4H2,1-2H3,(H,17,18,21)(H2,19,20,24). The minimum absolute atomic E-state index is 0.0280. The average molecular weight is 380 g/mol. The van der Waals surface area contributed by atoms with Gasteiger partial charge in [-0.25, -0.2) is 23.1 Å². The Morgan fingerprint density at radius 3 is 2.28 bits per heavy atom. The molecule has 0 saturated carbocycles. The topological polar surface area (TPSA) is 96.0 Å². The molecule has 0 spiro atoms. The van der Waals surface area contributed by atoms with Gasteiger partial charge in [0, 0.05) is 24.1 Å². The van der Waals surface area contributed by atoms with Crippen LogP contribution in [0.25, 0.3) is 0 Å². The van der Waals surface area contributed by atoms with E-state index in [4.69, 9.17) is 12.2 Å². The Morgan fingerprint density at radius 2 is 1.72 bits per heavy atom. The summed E-state index contributed by atoms with van der Waals surface area (Å²) in [6, 6.07) is 8.22. The van der Waals surface area contributed by atoms with Crippen LogP contribution in [0.2, 0.25) is 0 Å². The van der Waals surface area contributed by atoms with E-state index in [-0.39, 0.29) is 10.8 Å². The molecule has 0 unspecified atom stereocenters. The van der Waals surface area contributed by atoms with Gasteiger partial charge in [-0.05, 0) is 55.4 Å². The normalized spacial score (nSPS) is 11.2. The molecule has 0 amide bonds. The molecule has 1 heterocycles. The Kier molecular flexibility index (Phi) is 6.65. The number of aromatic nitrogens is 2. The smallest absolute Gasteiger partial charge is 0.264 e. The molecule has 0 radical (unpaired) electrons. The summed E-state index contributed by atoms with van der Waals surface area (Å²) in [4.78, 5) is 7.82. The molecule has 0 bridgehead atoms. The molecule has 1 aromatic carbocycles. The third kappa shape index (κ3) is 5.64. The summed E-state index contributed by atoms with van der Waals surface area (Å²) in [7, 11) is -3.74. The van der Waals surface area contributed by atoms with Crippen LogP contribution >= 0.6 is 12.2 Å². The van der Waals surface area contributed by atoms with Gasteiger partial charge in [-0.15, -0.1) is 0 Å². The Bertz CT molecular complexity index is 791. The monoisotopic (exact) mass is 379 g/mol. The maximum atomic E-state index is 12.3. The molecule has 9 heteroatoms. The van der Waals surface area contributed by atoms with Crippen LogP contribution in [0.4, 0.5) is 11.6 Å². The molecule has 7 nitrogen and oxygen atoms in total. The van der Waals surface area contributed by atoms with Crippen LogP contribution in [0.5, 0.6) is 0 Å². The molecular weight excluding hydrogens is 358 g/mol. The van der Waals surface area contributed by atoms with Crippen molar-refractivity contribution in [1.82, 2.24) is 15.3 Å². The van der Waals surface area contributed by atoms with E-state index >= 15 is 0 Å². The zero-order valence-corrected chi connectivity index (χ0v) is 15.7. The third-order valence-corrected chi connectivity index (χ3v) is 5.10. The van der Waals surface area contributed by atoms with E-state index in [9.17, 15) is 8.42 Å². The first-order valence-electron chi connectivity index (χ1n) is 7.92. The molecule has 0 aliphatic carbocycles. The molecule has 0 saturated heterocycles. The predicted octanol–water partition coefficient (Wildman–Crippen LogP) is 2.75. The van der Waals surface area contributed by atoms with Crippen molar-refractivity contribution in [3.63, 3.8) is 0 Å². The zero-order chi connectivity index (χ0) is 18.3. The molecule has 2 aromatic rings.